The van der Waals surface area contributed by atoms with Crippen molar-refractivity contribution in [3.05, 3.63) is 84.4 Å². The van der Waals surface area contributed by atoms with Crippen LogP contribution < -0.4 is 0 Å². The molecule has 8 heteroatoms. The average molecular weight is 451 g/mol. The monoisotopic (exact) mass is 450 g/mol. The molecule has 170 valence electrons. The highest BCUT2D eigenvalue weighted by Crippen LogP contribution is 2.29. The summed E-state index contributed by atoms with van der Waals surface area (Å²) < 4.78 is 2.05. The highest BCUT2D eigenvalue weighted by atomic mass is 15.5. The molecule has 5 aromatic rings. The van der Waals surface area contributed by atoms with Gasteiger partial charge in [-0.15, -0.1) is 10.2 Å². The summed E-state index contributed by atoms with van der Waals surface area (Å²) in [4.78, 5) is 9.10. The van der Waals surface area contributed by atoms with E-state index in [-0.39, 0.29) is 0 Å². The number of rotatable bonds is 9. The van der Waals surface area contributed by atoms with Gasteiger partial charge in [-0.1, -0.05) is 74.4 Å². The van der Waals surface area contributed by atoms with E-state index in [1.54, 1.807) is 12.4 Å². The Kier molecular flexibility index (Phi) is 6.47. The van der Waals surface area contributed by atoms with Crippen molar-refractivity contribution in [1.29, 1.82) is 0 Å². The number of aryl methyl sites for hydroxylation is 1. The van der Waals surface area contributed by atoms with Crippen molar-refractivity contribution in [3.63, 3.8) is 0 Å². The van der Waals surface area contributed by atoms with Crippen molar-refractivity contribution < 1.29 is 0 Å². The molecule has 0 spiro atoms. The lowest BCUT2D eigenvalue weighted by molar-refractivity contribution is 0.607. The molecule has 0 fully saturated rings. The third kappa shape index (κ3) is 4.76. The number of tetrazole rings is 1. The lowest BCUT2D eigenvalue weighted by atomic mass is 10.00. The Morgan fingerprint density at radius 1 is 0.853 bits per heavy atom. The van der Waals surface area contributed by atoms with E-state index in [0.717, 1.165) is 46.7 Å². The normalized spacial score (nSPS) is 11.1. The molecule has 8 nitrogen and oxygen atoms in total. The first-order chi connectivity index (χ1) is 16.8. The lowest BCUT2D eigenvalue weighted by Gasteiger charge is -2.09. The number of H-pyrrole nitrogens is 1. The standard InChI is InChI=1S/C26H26N8/c1-2-3-5-10-24-28-25(21-8-6-4-7-9-21)31-34(24)18-19-11-13-20(14-12-19)22-15-16-27-17-23(22)26-29-32-33-30-26/h4,6-9,11-17H,2-3,5,10,18H2,1H3,(H,29,30,32,33). The number of hydrogen-bond donors (Lipinski definition) is 1. The van der Waals surface area contributed by atoms with Crippen molar-refractivity contribution in [1.82, 2.24) is 40.4 Å². The van der Waals surface area contributed by atoms with Crippen LogP contribution in [0.2, 0.25) is 0 Å². The van der Waals surface area contributed by atoms with E-state index in [4.69, 9.17) is 10.1 Å². The molecule has 0 atom stereocenters. The maximum atomic E-state index is 4.88. The van der Waals surface area contributed by atoms with Gasteiger partial charge >= 0.3 is 0 Å². The van der Waals surface area contributed by atoms with Crippen LogP contribution in [0.1, 0.15) is 37.6 Å². The van der Waals surface area contributed by atoms with Gasteiger partial charge in [0, 0.05) is 29.9 Å². The second-order valence-corrected chi connectivity index (χ2v) is 8.19. The summed E-state index contributed by atoms with van der Waals surface area (Å²) >= 11 is 0. The quantitative estimate of drug-likeness (QED) is 0.319. The number of benzene rings is 2. The molecule has 2 aromatic carbocycles. The SMILES string of the molecule is CCCCCc1nc(-c2ccccc2)nn1Cc1ccc(-c2ccncc2-c2nn[nH]n2)cc1. The molecule has 0 amide bonds. The Morgan fingerprint density at radius 2 is 1.71 bits per heavy atom. The summed E-state index contributed by atoms with van der Waals surface area (Å²) in [5.41, 5.74) is 5.12. The number of aromatic nitrogens is 8. The number of hydrogen-bond acceptors (Lipinski definition) is 6. The van der Waals surface area contributed by atoms with E-state index in [9.17, 15) is 0 Å². The van der Waals surface area contributed by atoms with Crippen LogP contribution in [-0.4, -0.2) is 40.4 Å². The zero-order valence-corrected chi connectivity index (χ0v) is 19.1. The molecule has 0 radical (unpaired) electrons. The Hall–Kier alpha value is -4.20. The van der Waals surface area contributed by atoms with Crippen LogP contribution in [0.3, 0.4) is 0 Å². The molecule has 0 aliphatic heterocycles. The van der Waals surface area contributed by atoms with Crippen LogP contribution in [-0.2, 0) is 13.0 Å². The zero-order valence-electron chi connectivity index (χ0n) is 19.1. The third-order valence-electron chi connectivity index (χ3n) is 5.79. The number of aromatic amines is 1. The first-order valence-electron chi connectivity index (χ1n) is 11.6. The van der Waals surface area contributed by atoms with E-state index < -0.39 is 0 Å². The molecule has 0 saturated carbocycles. The predicted molar refractivity (Wildman–Crippen MR) is 131 cm³/mol. The van der Waals surface area contributed by atoms with Gasteiger partial charge < -0.3 is 0 Å². The molecule has 0 saturated heterocycles. The summed E-state index contributed by atoms with van der Waals surface area (Å²) in [5.74, 6) is 2.34. The van der Waals surface area contributed by atoms with Gasteiger partial charge in [-0.25, -0.2) is 9.67 Å². The fourth-order valence-electron chi connectivity index (χ4n) is 3.99. The average Bonchev–Trinajstić information content (AvgIpc) is 3.56. The highest BCUT2D eigenvalue weighted by Gasteiger charge is 2.14. The fourth-order valence-corrected chi connectivity index (χ4v) is 3.99. The van der Waals surface area contributed by atoms with E-state index >= 15 is 0 Å². The van der Waals surface area contributed by atoms with Crippen molar-refractivity contribution in [3.8, 4) is 33.9 Å². The minimum Gasteiger partial charge on any atom is -0.264 e. The molecule has 0 unspecified atom stereocenters. The molecule has 3 heterocycles. The summed E-state index contributed by atoms with van der Waals surface area (Å²) in [6, 6.07) is 20.6. The molecule has 3 aromatic heterocycles. The summed E-state index contributed by atoms with van der Waals surface area (Å²) in [7, 11) is 0. The summed E-state index contributed by atoms with van der Waals surface area (Å²) in [6.07, 6.45) is 7.95. The Balaban J connectivity index is 1.40. The van der Waals surface area contributed by atoms with Gasteiger partial charge in [0.05, 0.1) is 6.54 Å². The topological polar surface area (TPSA) is 98.1 Å². The van der Waals surface area contributed by atoms with Gasteiger partial charge in [0.15, 0.2) is 5.82 Å². The largest absolute Gasteiger partial charge is 0.264 e. The van der Waals surface area contributed by atoms with Gasteiger partial charge in [-0.05, 0) is 34.4 Å². The van der Waals surface area contributed by atoms with E-state index in [0.29, 0.717) is 12.4 Å². The minimum absolute atomic E-state index is 0.528. The molecule has 0 aliphatic rings. The van der Waals surface area contributed by atoms with Gasteiger partial charge in [0.2, 0.25) is 5.82 Å². The van der Waals surface area contributed by atoms with Gasteiger partial charge in [0.25, 0.3) is 0 Å². The van der Waals surface area contributed by atoms with Gasteiger partial charge in [-0.3, -0.25) is 4.98 Å². The Labute approximate surface area is 198 Å². The molecule has 1 N–H and O–H groups in total. The molecular weight excluding hydrogens is 424 g/mol. The maximum absolute atomic E-state index is 4.88. The van der Waals surface area contributed by atoms with Crippen molar-refractivity contribution in [2.75, 3.05) is 0 Å². The second-order valence-electron chi connectivity index (χ2n) is 8.19. The lowest BCUT2D eigenvalue weighted by Crippen LogP contribution is -2.07. The fraction of sp³-hybridized carbons (Fsp3) is 0.231. The second kappa shape index (κ2) is 10.2. The van der Waals surface area contributed by atoms with Crippen LogP contribution in [0.25, 0.3) is 33.9 Å². The summed E-state index contributed by atoms with van der Waals surface area (Å²) in [5, 5.41) is 19.2. The molecule has 0 bridgehead atoms. The maximum Gasteiger partial charge on any atom is 0.206 e. The smallest absolute Gasteiger partial charge is 0.206 e. The molecule has 0 aliphatic carbocycles. The number of unbranched alkanes of at least 4 members (excludes halogenated alkanes) is 2. The Bertz CT molecular complexity index is 1330. The van der Waals surface area contributed by atoms with Gasteiger partial charge in [0.1, 0.15) is 5.82 Å². The Morgan fingerprint density at radius 3 is 2.47 bits per heavy atom. The van der Waals surface area contributed by atoms with Crippen LogP contribution in [0.15, 0.2) is 73.1 Å². The molecular formula is C26H26N8. The van der Waals surface area contributed by atoms with E-state index in [2.05, 4.69) is 68.9 Å². The van der Waals surface area contributed by atoms with Crippen molar-refractivity contribution >= 4 is 0 Å². The predicted octanol–water partition coefficient (Wildman–Crippen LogP) is 4.97. The van der Waals surface area contributed by atoms with Crippen molar-refractivity contribution in [2.45, 2.75) is 39.2 Å². The van der Waals surface area contributed by atoms with Crippen molar-refractivity contribution in [2.24, 2.45) is 0 Å². The number of nitrogens with zero attached hydrogens (tertiary/aromatic N) is 7. The van der Waals surface area contributed by atoms with Gasteiger partial charge in [-0.2, -0.15) is 10.3 Å². The highest BCUT2D eigenvalue weighted by molar-refractivity contribution is 5.79. The summed E-state index contributed by atoms with van der Waals surface area (Å²) in [6.45, 7) is 2.89. The molecule has 34 heavy (non-hydrogen) atoms. The van der Waals surface area contributed by atoms with Crippen LogP contribution >= 0.6 is 0 Å². The number of nitrogens with one attached hydrogen (secondary N) is 1. The van der Waals surface area contributed by atoms with Crippen LogP contribution in [0.4, 0.5) is 0 Å². The van der Waals surface area contributed by atoms with E-state index in [1.165, 1.54) is 18.4 Å². The molecule has 5 rings (SSSR count). The third-order valence-corrected chi connectivity index (χ3v) is 5.79. The minimum atomic E-state index is 0.528. The van der Waals surface area contributed by atoms with Crippen LogP contribution in [0, 0.1) is 0 Å². The zero-order chi connectivity index (χ0) is 23.2. The van der Waals surface area contributed by atoms with Crippen LogP contribution in [0.5, 0.6) is 0 Å². The van der Waals surface area contributed by atoms with E-state index in [1.807, 2.05) is 28.9 Å². The first-order valence-corrected chi connectivity index (χ1v) is 11.6. The first kappa shape index (κ1) is 21.6. The number of pyridine rings is 1.